The van der Waals surface area contributed by atoms with Gasteiger partial charge in [0.25, 0.3) is 0 Å². The van der Waals surface area contributed by atoms with E-state index in [9.17, 15) is 14.4 Å². The lowest BCUT2D eigenvalue weighted by atomic mass is 9.99. The van der Waals surface area contributed by atoms with Crippen LogP contribution in [0.3, 0.4) is 0 Å². The van der Waals surface area contributed by atoms with E-state index >= 15 is 0 Å². The van der Waals surface area contributed by atoms with Crippen LogP contribution in [0.4, 0.5) is 0 Å². The molecule has 0 amide bonds. The van der Waals surface area contributed by atoms with Gasteiger partial charge in [-0.15, -0.1) is 0 Å². The molecule has 332 valence electrons. The molecular weight excluding hydrogens is 697 g/mol. The first-order valence-electron chi connectivity index (χ1n) is 24.8. The van der Waals surface area contributed by atoms with Gasteiger partial charge in [-0.3, -0.25) is 14.4 Å². The third-order valence-electron chi connectivity index (χ3n) is 11.9. The minimum absolute atomic E-state index is 0.0647. The van der Waals surface area contributed by atoms with Crippen molar-refractivity contribution in [1.82, 2.24) is 0 Å². The van der Waals surface area contributed by atoms with Crippen molar-refractivity contribution in [3.05, 3.63) is 0 Å². The molecule has 0 aliphatic rings. The van der Waals surface area contributed by atoms with Crippen LogP contribution in [0.25, 0.3) is 0 Å². The minimum atomic E-state index is -0.762. The van der Waals surface area contributed by atoms with Crippen LogP contribution in [0.15, 0.2) is 0 Å². The van der Waals surface area contributed by atoms with E-state index in [0.29, 0.717) is 19.3 Å². The van der Waals surface area contributed by atoms with Crippen LogP contribution < -0.4 is 0 Å². The summed E-state index contributed by atoms with van der Waals surface area (Å²) in [4.78, 5) is 37.8. The summed E-state index contributed by atoms with van der Waals surface area (Å²) < 4.78 is 16.8. The molecule has 0 bridgehead atoms. The van der Waals surface area contributed by atoms with Crippen LogP contribution in [0.5, 0.6) is 0 Å². The van der Waals surface area contributed by atoms with Gasteiger partial charge in [-0.25, -0.2) is 0 Å². The first-order valence-corrected chi connectivity index (χ1v) is 24.8. The van der Waals surface area contributed by atoms with Gasteiger partial charge in [0.1, 0.15) is 13.2 Å². The first-order chi connectivity index (χ1) is 27.3. The van der Waals surface area contributed by atoms with Gasteiger partial charge >= 0.3 is 17.9 Å². The van der Waals surface area contributed by atoms with E-state index in [1.807, 2.05) is 0 Å². The molecule has 6 heteroatoms. The maximum absolute atomic E-state index is 12.8. The third-order valence-corrected chi connectivity index (χ3v) is 11.9. The van der Waals surface area contributed by atoms with Crippen LogP contribution in [0.2, 0.25) is 0 Å². The molecule has 0 aromatic rings. The standard InChI is InChI=1S/C50H96O6/c1-6-9-10-11-12-13-14-15-16-17-21-24-30-35-40-48(51)54-43-47(44-55-49(52)41-36-31-27-26-29-34-39-46(5)8-3)56-50(53)42-37-32-25-22-19-18-20-23-28-33-38-45(4)7-2/h45-47H,6-44H2,1-5H3/t45?,46?,47-/m0/s1. The number of hydrogen-bond acceptors (Lipinski definition) is 6. The summed E-state index contributed by atoms with van der Waals surface area (Å²) in [5.74, 6) is 0.827. The lowest BCUT2D eigenvalue weighted by Gasteiger charge is -2.18. The van der Waals surface area contributed by atoms with E-state index in [4.69, 9.17) is 14.2 Å². The largest absolute Gasteiger partial charge is 0.462 e. The van der Waals surface area contributed by atoms with Crippen LogP contribution in [0, 0.1) is 11.8 Å². The smallest absolute Gasteiger partial charge is 0.306 e. The molecule has 0 rings (SSSR count). The van der Waals surface area contributed by atoms with Crippen LogP contribution >= 0.6 is 0 Å². The summed E-state index contributed by atoms with van der Waals surface area (Å²) in [6.07, 6.45) is 42.2. The second kappa shape index (κ2) is 43.0. The Balaban J connectivity index is 4.33. The zero-order valence-corrected chi connectivity index (χ0v) is 38.3. The molecule has 6 nitrogen and oxygen atoms in total. The molecule has 2 unspecified atom stereocenters. The first kappa shape index (κ1) is 54.4. The zero-order chi connectivity index (χ0) is 41.2. The molecule has 0 heterocycles. The van der Waals surface area contributed by atoms with Crippen LogP contribution in [-0.2, 0) is 28.6 Å². The van der Waals surface area contributed by atoms with Crippen LogP contribution in [-0.4, -0.2) is 37.2 Å². The van der Waals surface area contributed by atoms with Gasteiger partial charge in [0, 0.05) is 19.3 Å². The Bertz CT molecular complexity index is 858. The summed E-state index contributed by atoms with van der Waals surface area (Å²) in [7, 11) is 0. The number of esters is 3. The predicted molar refractivity (Wildman–Crippen MR) is 238 cm³/mol. The summed E-state index contributed by atoms with van der Waals surface area (Å²) in [6, 6.07) is 0. The van der Waals surface area contributed by atoms with Gasteiger partial charge in [-0.05, 0) is 31.1 Å². The Hall–Kier alpha value is -1.59. The summed E-state index contributed by atoms with van der Waals surface area (Å²) in [5.41, 5.74) is 0. The predicted octanol–water partition coefficient (Wildman–Crippen LogP) is 15.8. The highest BCUT2D eigenvalue weighted by atomic mass is 16.6. The molecule has 0 aromatic carbocycles. The van der Waals surface area contributed by atoms with Crippen molar-refractivity contribution in [2.24, 2.45) is 11.8 Å². The van der Waals surface area contributed by atoms with Gasteiger partial charge in [0.05, 0.1) is 0 Å². The lowest BCUT2D eigenvalue weighted by molar-refractivity contribution is -0.167. The van der Waals surface area contributed by atoms with E-state index in [-0.39, 0.29) is 31.1 Å². The highest BCUT2D eigenvalue weighted by molar-refractivity contribution is 5.71. The lowest BCUT2D eigenvalue weighted by Crippen LogP contribution is -2.30. The molecular formula is C50H96O6. The Kier molecular flexibility index (Phi) is 41.8. The van der Waals surface area contributed by atoms with Crippen molar-refractivity contribution in [2.75, 3.05) is 13.2 Å². The number of unbranched alkanes of at least 4 members (excludes halogenated alkanes) is 27. The van der Waals surface area contributed by atoms with Crippen molar-refractivity contribution in [3.63, 3.8) is 0 Å². The highest BCUT2D eigenvalue weighted by Crippen LogP contribution is 2.18. The quantitative estimate of drug-likeness (QED) is 0.0347. The molecule has 0 aliphatic heterocycles. The molecule has 3 atom stereocenters. The van der Waals surface area contributed by atoms with Gasteiger partial charge in [0.2, 0.25) is 0 Å². The van der Waals surface area contributed by atoms with Crippen molar-refractivity contribution in [1.29, 1.82) is 0 Å². The molecule has 0 fully saturated rings. The topological polar surface area (TPSA) is 78.9 Å². The number of carbonyl (C=O) groups is 3. The Morgan fingerprint density at radius 1 is 0.357 bits per heavy atom. The van der Waals surface area contributed by atoms with Crippen molar-refractivity contribution in [3.8, 4) is 0 Å². The number of ether oxygens (including phenoxy) is 3. The fourth-order valence-corrected chi connectivity index (χ4v) is 7.39. The Morgan fingerprint density at radius 2 is 0.625 bits per heavy atom. The molecule has 0 spiro atoms. The third kappa shape index (κ3) is 40.6. The summed E-state index contributed by atoms with van der Waals surface area (Å²) in [5, 5.41) is 0. The van der Waals surface area contributed by atoms with Gasteiger partial charge in [0.15, 0.2) is 6.10 Å². The van der Waals surface area contributed by atoms with Crippen molar-refractivity contribution in [2.45, 2.75) is 278 Å². The fraction of sp³-hybridized carbons (Fsp3) is 0.940. The highest BCUT2D eigenvalue weighted by Gasteiger charge is 2.19. The zero-order valence-electron chi connectivity index (χ0n) is 38.3. The number of hydrogen-bond donors (Lipinski definition) is 0. The number of carbonyl (C=O) groups excluding carboxylic acids is 3. The molecule has 0 radical (unpaired) electrons. The SMILES string of the molecule is CCCCCCCCCCCCCCCCC(=O)OC[C@@H](COC(=O)CCCCCCCCC(C)CC)OC(=O)CCCCCCCCCCCCC(C)CC. The van der Waals surface area contributed by atoms with Gasteiger partial charge < -0.3 is 14.2 Å². The normalized spacial score (nSPS) is 13.0. The van der Waals surface area contributed by atoms with E-state index in [0.717, 1.165) is 69.6 Å². The molecule has 56 heavy (non-hydrogen) atoms. The molecule has 0 N–H and O–H groups in total. The average molecular weight is 793 g/mol. The van der Waals surface area contributed by atoms with E-state index in [1.54, 1.807) is 0 Å². The van der Waals surface area contributed by atoms with Gasteiger partial charge in [-0.2, -0.15) is 0 Å². The maximum atomic E-state index is 12.8. The molecule has 0 saturated heterocycles. The van der Waals surface area contributed by atoms with Crippen LogP contribution in [0.1, 0.15) is 272 Å². The summed E-state index contributed by atoms with van der Waals surface area (Å²) >= 11 is 0. The Labute approximate surface area is 348 Å². The van der Waals surface area contributed by atoms with Gasteiger partial charge in [-0.1, -0.05) is 234 Å². The molecule has 0 aromatic heterocycles. The summed E-state index contributed by atoms with van der Waals surface area (Å²) in [6.45, 7) is 11.4. The molecule has 0 saturated carbocycles. The average Bonchev–Trinajstić information content (AvgIpc) is 3.19. The van der Waals surface area contributed by atoms with E-state index < -0.39 is 6.10 Å². The second-order valence-corrected chi connectivity index (χ2v) is 17.6. The minimum Gasteiger partial charge on any atom is -0.462 e. The van der Waals surface area contributed by atoms with E-state index in [1.165, 1.54) is 161 Å². The van der Waals surface area contributed by atoms with E-state index in [2.05, 4.69) is 34.6 Å². The fourth-order valence-electron chi connectivity index (χ4n) is 7.39. The maximum Gasteiger partial charge on any atom is 0.306 e. The van der Waals surface area contributed by atoms with Crippen molar-refractivity contribution >= 4 is 17.9 Å². The van der Waals surface area contributed by atoms with Crippen molar-refractivity contribution < 1.29 is 28.6 Å². The monoisotopic (exact) mass is 793 g/mol. The second-order valence-electron chi connectivity index (χ2n) is 17.6. The molecule has 0 aliphatic carbocycles. The number of rotatable bonds is 44. The Morgan fingerprint density at radius 3 is 0.929 bits per heavy atom.